The highest BCUT2D eigenvalue weighted by Gasteiger charge is 2.29. The Kier molecular flexibility index (Phi) is 5.63. The van der Waals surface area contributed by atoms with E-state index >= 15 is 0 Å². The fraction of sp³-hybridized carbons (Fsp3) is 1.00. The molecular formula is C9H22N2O2S. The van der Waals surface area contributed by atoms with Crippen LogP contribution >= 0.6 is 0 Å². The van der Waals surface area contributed by atoms with Crippen molar-refractivity contribution in [2.24, 2.45) is 11.8 Å². The van der Waals surface area contributed by atoms with Gasteiger partial charge in [-0.15, -0.1) is 0 Å². The zero-order valence-corrected chi connectivity index (χ0v) is 10.3. The molecule has 0 amide bonds. The molecule has 14 heavy (non-hydrogen) atoms. The van der Waals surface area contributed by atoms with E-state index in [1.807, 2.05) is 13.8 Å². The quantitative estimate of drug-likeness (QED) is 0.512. The molecule has 0 aliphatic carbocycles. The van der Waals surface area contributed by atoms with Gasteiger partial charge in [0, 0.05) is 12.3 Å². The van der Waals surface area contributed by atoms with Crippen LogP contribution < -0.4 is 11.3 Å². The Morgan fingerprint density at radius 1 is 1.29 bits per heavy atom. The van der Waals surface area contributed by atoms with Gasteiger partial charge in [0.1, 0.15) is 0 Å². The maximum atomic E-state index is 11.4. The molecule has 0 heterocycles. The number of hydrogen-bond donors (Lipinski definition) is 2. The normalized spacial score (nSPS) is 17.0. The molecule has 4 nitrogen and oxygen atoms in total. The van der Waals surface area contributed by atoms with Gasteiger partial charge in [-0.2, -0.15) is 0 Å². The van der Waals surface area contributed by atoms with Gasteiger partial charge in [0.25, 0.3) is 0 Å². The van der Waals surface area contributed by atoms with Crippen molar-refractivity contribution in [3.8, 4) is 0 Å². The first-order valence-electron chi connectivity index (χ1n) is 5.03. The van der Waals surface area contributed by atoms with Gasteiger partial charge in [-0.25, -0.2) is 8.42 Å². The van der Waals surface area contributed by atoms with E-state index in [9.17, 15) is 8.42 Å². The van der Waals surface area contributed by atoms with E-state index in [0.717, 1.165) is 12.8 Å². The van der Waals surface area contributed by atoms with E-state index in [1.54, 1.807) is 6.92 Å². The Labute approximate surface area is 87.1 Å². The van der Waals surface area contributed by atoms with Crippen molar-refractivity contribution >= 4 is 9.84 Å². The SMILES string of the molecule is CCC(CC)C(NN)C(C)S(C)(=O)=O. The van der Waals surface area contributed by atoms with Gasteiger partial charge in [-0.1, -0.05) is 26.7 Å². The van der Waals surface area contributed by atoms with Gasteiger partial charge in [-0.05, 0) is 12.8 Å². The topological polar surface area (TPSA) is 72.2 Å². The van der Waals surface area contributed by atoms with E-state index in [2.05, 4.69) is 5.43 Å². The second-order valence-corrected chi connectivity index (χ2v) is 6.21. The first-order chi connectivity index (χ1) is 6.38. The number of hydrazine groups is 1. The van der Waals surface area contributed by atoms with Crippen molar-refractivity contribution in [2.75, 3.05) is 6.26 Å². The number of nitrogens with one attached hydrogen (secondary N) is 1. The van der Waals surface area contributed by atoms with Crippen LogP contribution in [0.25, 0.3) is 0 Å². The Hall–Kier alpha value is -0.130. The Morgan fingerprint density at radius 2 is 1.71 bits per heavy atom. The largest absolute Gasteiger partial charge is 0.271 e. The van der Waals surface area contributed by atoms with Crippen LogP contribution in [0.4, 0.5) is 0 Å². The highest BCUT2D eigenvalue weighted by molar-refractivity contribution is 7.91. The molecular weight excluding hydrogens is 200 g/mol. The number of sulfone groups is 1. The highest BCUT2D eigenvalue weighted by atomic mass is 32.2. The first kappa shape index (κ1) is 13.9. The Bertz CT molecular complexity index is 248. The average molecular weight is 222 g/mol. The summed E-state index contributed by atoms with van der Waals surface area (Å²) in [4.78, 5) is 0. The van der Waals surface area contributed by atoms with Crippen molar-refractivity contribution in [1.29, 1.82) is 0 Å². The maximum absolute atomic E-state index is 11.4. The van der Waals surface area contributed by atoms with Crippen molar-refractivity contribution in [2.45, 2.75) is 44.9 Å². The van der Waals surface area contributed by atoms with Crippen LogP contribution in [0.5, 0.6) is 0 Å². The van der Waals surface area contributed by atoms with Crippen molar-refractivity contribution in [1.82, 2.24) is 5.43 Å². The summed E-state index contributed by atoms with van der Waals surface area (Å²) in [6.45, 7) is 5.80. The molecule has 0 aromatic heterocycles. The third-order valence-corrected chi connectivity index (χ3v) is 4.57. The third-order valence-electron chi connectivity index (χ3n) is 2.93. The second kappa shape index (κ2) is 5.68. The zero-order chi connectivity index (χ0) is 11.4. The lowest BCUT2D eigenvalue weighted by atomic mass is 9.93. The summed E-state index contributed by atoms with van der Waals surface area (Å²) < 4.78 is 22.7. The molecule has 0 saturated carbocycles. The van der Waals surface area contributed by atoms with Crippen molar-refractivity contribution < 1.29 is 8.42 Å². The molecule has 0 aromatic carbocycles. The number of rotatable bonds is 6. The standard InChI is InChI=1S/C9H22N2O2S/c1-5-8(6-2)9(11-10)7(3)14(4,12)13/h7-9,11H,5-6,10H2,1-4H3. The first-order valence-corrected chi connectivity index (χ1v) is 6.98. The molecule has 3 N–H and O–H groups in total. The van der Waals surface area contributed by atoms with Gasteiger partial charge in [0.15, 0.2) is 9.84 Å². The van der Waals surface area contributed by atoms with Crippen LogP contribution in [0.1, 0.15) is 33.6 Å². The molecule has 0 rings (SSSR count). The molecule has 0 radical (unpaired) electrons. The number of nitrogens with two attached hydrogens (primary N) is 1. The minimum atomic E-state index is -3.02. The zero-order valence-electron chi connectivity index (χ0n) is 9.45. The predicted molar refractivity (Wildman–Crippen MR) is 59.5 cm³/mol. The van der Waals surface area contributed by atoms with Crippen LogP contribution in [0.2, 0.25) is 0 Å². The van der Waals surface area contributed by atoms with Crippen LogP contribution in [-0.4, -0.2) is 26.0 Å². The lowest BCUT2D eigenvalue weighted by Gasteiger charge is -2.28. The van der Waals surface area contributed by atoms with E-state index in [4.69, 9.17) is 5.84 Å². The van der Waals surface area contributed by atoms with Crippen LogP contribution in [0.15, 0.2) is 0 Å². The van der Waals surface area contributed by atoms with E-state index in [0.29, 0.717) is 5.92 Å². The molecule has 2 atom stereocenters. The molecule has 0 aliphatic rings. The fourth-order valence-electron chi connectivity index (χ4n) is 1.72. The molecule has 0 spiro atoms. The summed E-state index contributed by atoms with van der Waals surface area (Å²) in [6, 6.07) is -0.153. The highest BCUT2D eigenvalue weighted by Crippen LogP contribution is 2.19. The molecule has 0 bridgehead atoms. The lowest BCUT2D eigenvalue weighted by Crippen LogP contribution is -2.50. The monoisotopic (exact) mass is 222 g/mol. The molecule has 0 aliphatic heterocycles. The fourth-order valence-corrected chi connectivity index (χ4v) is 2.55. The van der Waals surface area contributed by atoms with E-state index in [1.165, 1.54) is 6.26 Å². The van der Waals surface area contributed by atoms with Gasteiger partial charge >= 0.3 is 0 Å². The third kappa shape index (κ3) is 3.55. The van der Waals surface area contributed by atoms with Gasteiger partial charge < -0.3 is 0 Å². The molecule has 5 heteroatoms. The van der Waals surface area contributed by atoms with Crippen LogP contribution in [-0.2, 0) is 9.84 Å². The van der Waals surface area contributed by atoms with Gasteiger partial charge in [0.05, 0.1) is 5.25 Å². The molecule has 0 aromatic rings. The summed E-state index contributed by atoms with van der Waals surface area (Å²) >= 11 is 0. The summed E-state index contributed by atoms with van der Waals surface area (Å²) in [5.74, 6) is 5.72. The molecule has 0 saturated heterocycles. The molecule has 2 unspecified atom stereocenters. The summed E-state index contributed by atoms with van der Waals surface area (Å²) in [6.07, 6.45) is 3.13. The van der Waals surface area contributed by atoms with E-state index in [-0.39, 0.29) is 6.04 Å². The molecule has 0 fully saturated rings. The van der Waals surface area contributed by atoms with Gasteiger partial charge in [-0.3, -0.25) is 11.3 Å². The van der Waals surface area contributed by atoms with Crippen molar-refractivity contribution in [3.63, 3.8) is 0 Å². The van der Waals surface area contributed by atoms with E-state index < -0.39 is 15.1 Å². The minimum Gasteiger partial charge on any atom is -0.271 e. The summed E-state index contributed by atoms with van der Waals surface area (Å²) in [7, 11) is -3.02. The Balaban J connectivity index is 4.71. The smallest absolute Gasteiger partial charge is 0.151 e. The van der Waals surface area contributed by atoms with Crippen LogP contribution in [0, 0.1) is 5.92 Å². The maximum Gasteiger partial charge on any atom is 0.151 e. The summed E-state index contributed by atoms with van der Waals surface area (Å²) in [5.41, 5.74) is 2.63. The predicted octanol–water partition coefficient (Wildman–Crippen LogP) is 0.688. The van der Waals surface area contributed by atoms with Crippen LogP contribution in [0.3, 0.4) is 0 Å². The summed E-state index contributed by atoms with van der Waals surface area (Å²) in [5, 5.41) is -0.433. The Morgan fingerprint density at radius 3 is 1.93 bits per heavy atom. The average Bonchev–Trinajstić information content (AvgIpc) is 2.11. The second-order valence-electron chi connectivity index (χ2n) is 3.80. The lowest BCUT2D eigenvalue weighted by molar-refractivity contribution is 0.330. The number of hydrogen-bond acceptors (Lipinski definition) is 4. The van der Waals surface area contributed by atoms with Gasteiger partial charge in [0.2, 0.25) is 0 Å². The molecule has 86 valence electrons. The minimum absolute atomic E-state index is 0.153. The van der Waals surface area contributed by atoms with Crippen molar-refractivity contribution in [3.05, 3.63) is 0 Å².